The summed E-state index contributed by atoms with van der Waals surface area (Å²) in [6.45, 7) is 9.66. The molecule has 0 radical (unpaired) electrons. The summed E-state index contributed by atoms with van der Waals surface area (Å²) in [5.74, 6) is 0.881. The van der Waals surface area contributed by atoms with Gasteiger partial charge in [-0.05, 0) is 104 Å². The predicted molar refractivity (Wildman–Crippen MR) is 113 cm³/mol. The Morgan fingerprint density at radius 1 is 0.571 bits per heavy atom. The van der Waals surface area contributed by atoms with Crippen molar-refractivity contribution in [2.24, 2.45) is 0 Å². The van der Waals surface area contributed by atoms with E-state index in [4.69, 9.17) is 4.74 Å². The summed E-state index contributed by atoms with van der Waals surface area (Å²) < 4.78 is 5.66. The maximum atomic E-state index is 11.1. The number of ether oxygens (including phenoxy) is 1. The van der Waals surface area contributed by atoms with Crippen molar-refractivity contribution in [2.75, 3.05) is 7.11 Å². The van der Waals surface area contributed by atoms with Crippen LogP contribution in [0.5, 0.6) is 23.0 Å². The maximum Gasteiger partial charge on any atom is 0.169 e. The third-order valence-corrected chi connectivity index (χ3v) is 5.21. The van der Waals surface area contributed by atoms with Gasteiger partial charge in [-0.2, -0.15) is 0 Å². The fraction of sp³-hybridized carbons (Fsp3) is 0.250. The zero-order valence-electron chi connectivity index (χ0n) is 17.1. The van der Waals surface area contributed by atoms with E-state index in [9.17, 15) is 15.3 Å². The van der Waals surface area contributed by atoms with Crippen molar-refractivity contribution in [3.63, 3.8) is 0 Å². The lowest BCUT2D eigenvalue weighted by molar-refractivity contribution is 0.375. The molecule has 0 saturated carbocycles. The lowest BCUT2D eigenvalue weighted by Gasteiger charge is -2.21. The first-order valence-electron chi connectivity index (χ1n) is 9.17. The van der Waals surface area contributed by atoms with Crippen LogP contribution in [0.3, 0.4) is 0 Å². The smallest absolute Gasteiger partial charge is 0.169 e. The van der Waals surface area contributed by atoms with Gasteiger partial charge in [0.15, 0.2) is 11.5 Å². The fourth-order valence-corrected chi connectivity index (χ4v) is 4.18. The second-order valence-corrected chi connectivity index (χ2v) is 7.41. The van der Waals surface area contributed by atoms with Gasteiger partial charge in [0, 0.05) is 11.1 Å². The number of aryl methyl sites for hydroxylation is 5. The first kappa shape index (κ1) is 19.6. The average molecular weight is 378 g/mol. The minimum Gasteiger partial charge on any atom is -0.508 e. The number of phenols is 3. The summed E-state index contributed by atoms with van der Waals surface area (Å²) in [4.78, 5) is 0. The van der Waals surface area contributed by atoms with Crippen molar-refractivity contribution < 1.29 is 20.1 Å². The van der Waals surface area contributed by atoms with Gasteiger partial charge in [0.1, 0.15) is 11.5 Å². The zero-order valence-corrected chi connectivity index (χ0v) is 17.1. The van der Waals surface area contributed by atoms with E-state index >= 15 is 0 Å². The minimum atomic E-state index is 0.0619. The number of benzene rings is 3. The summed E-state index contributed by atoms with van der Waals surface area (Å²) in [5.41, 5.74) is 7.81. The molecular weight excluding hydrogens is 352 g/mol. The maximum absolute atomic E-state index is 11.1. The van der Waals surface area contributed by atoms with Crippen molar-refractivity contribution in [1.82, 2.24) is 0 Å². The van der Waals surface area contributed by atoms with Crippen LogP contribution in [0.4, 0.5) is 0 Å². The third kappa shape index (κ3) is 3.15. The van der Waals surface area contributed by atoms with Crippen molar-refractivity contribution >= 4 is 0 Å². The standard InChI is InChI=1S/C24H26O4/c1-12-7-17(25)8-13(2)20(12)19-11-16(5)22(24(28-6)23(19)27)21-14(3)9-18(26)10-15(21)4/h7-11,25-27H,1-6H3. The fourth-order valence-electron chi connectivity index (χ4n) is 4.18. The Hall–Kier alpha value is -3.14. The molecule has 0 atom stereocenters. The van der Waals surface area contributed by atoms with Crippen LogP contribution in [-0.4, -0.2) is 22.4 Å². The van der Waals surface area contributed by atoms with Gasteiger partial charge >= 0.3 is 0 Å². The number of phenolic OH excluding ortho intramolecular Hbond substituents is 3. The molecule has 0 saturated heterocycles. The van der Waals surface area contributed by atoms with Crippen LogP contribution in [0, 0.1) is 34.6 Å². The van der Waals surface area contributed by atoms with Gasteiger partial charge in [0.2, 0.25) is 0 Å². The molecule has 0 spiro atoms. The van der Waals surface area contributed by atoms with E-state index in [-0.39, 0.29) is 17.2 Å². The number of methoxy groups -OCH3 is 1. The second kappa shape index (κ2) is 7.12. The molecule has 0 fully saturated rings. The number of aromatic hydroxyl groups is 3. The molecule has 3 rings (SSSR count). The Morgan fingerprint density at radius 2 is 0.964 bits per heavy atom. The van der Waals surface area contributed by atoms with E-state index in [1.807, 2.05) is 40.7 Å². The van der Waals surface area contributed by atoms with E-state index in [2.05, 4.69) is 0 Å². The van der Waals surface area contributed by atoms with Crippen molar-refractivity contribution in [2.45, 2.75) is 34.6 Å². The molecule has 0 aromatic heterocycles. The van der Waals surface area contributed by atoms with Gasteiger partial charge in [0.05, 0.1) is 7.11 Å². The predicted octanol–water partition coefficient (Wildman–Crippen LogP) is 5.69. The largest absolute Gasteiger partial charge is 0.508 e. The molecule has 3 aromatic carbocycles. The molecule has 4 nitrogen and oxygen atoms in total. The van der Waals surface area contributed by atoms with Crippen LogP contribution >= 0.6 is 0 Å². The molecule has 3 aromatic rings. The molecule has 0 heterocycles. The Bertz CT molecular complexity index is 1030. The highest BCUT2D eigenvalue weighted by Crippen LogP contribution is 2.49. The molecule has 3 N–H and O–H groups in total. The van der Waals surface area contributed by atoms with Crippen LogP contribution in [0.1, 0.15) is 27.8 Å². The first-order valence-corrected chi connectivity index (χ1v) is 9.17. The third-order valence-electron chi connectivity index (χ3n) is 5.21. The highest BCUT2D eigenvalue weighted by molar-refractivity contribution is 5.89. The molecule has 28 heavy (non-hydrogen) atoms. The number of rotatable bonds is 3. The Kier molecular flexibility index (Phi) is 4.99. The molecular formula is C24H26O4. The summed E-state index contributed by atoms with van der Waals surface area (Å²) in [5, 5.41) is 30.9. The molecule has 0 unspecified atom stereocenters. The molecule has 0 aliphatic heterocycles. The molecule has 0 aliphatic carbocycles. The summed E-state index contributed by atoms with van der Waals surface area (Å²) >= 11 is 0. The lowest BCUT2D eigenvalue weighted by atomic mass is 9.87. The average Bonchev–Trinajstić information content (AvgIpc) is 2.57. The lowest BCUT2D eigenvalue weighted by Crippen LogP contribution is -1.99. The topological polar surface area (TPSA) is 69.9 Å². The van der Waals surface area contributed by atoms with Crippen molar-refractivity contribution in [3.8, 4) is 45.3 Å². The zero-order chi connectivity index (χ0) is 20.7. The van der Waals surface area contributed by atoms with Crippen LogP contribution in [0.2, 0.25) is 0 Å². The summed E-state index contributed by atoms with van der Waals surface area (Å²) in [6, 6.07) is 8.74. The van der Waals surface area contributed by atoms with Gasteiger partial charge in [-0.1, -0.05) is 0 Å². The van der Waals surface area contributed by atoms with Crippen molar-refractivity contribution in [3.05, 3.63) is 58.1 Å². The van der Waals surface area contributed by atoms with Gasteiger partial charge in [-0.3, -0.25) is 0 Å². The summed E-state index contributed by atoms with van der Waals surface area (Å²) in [7, 11) is 1.55. The van der Waals surface area contributed by atoms with E-state index < -0.39 is 0 Å². The van der Waals surface area contributed by atoms with Gasteiger partial charge in [-0.25, -0.2) is 0 Å². The van der Waals surface area contributed by atoms with Crippen LogP contribution in [-0.2, 0) is 0 Å². The van der Waals surface area contributed by atoms with Gasteiger partial charge < -0.3 is 20.1 Å². The number of hydrogen-bond donors (Lipinski definition) is 3. The van der Waals surface area contributed by atoms with E-state index in [1.54, 1.807) is 31.4 Å². The van der Waals surface area contributed by atoms with E-state index in [0.29, 0.717) is 11.3 Å². The Balaban J connectivity index is 2.37. The Labute approximate surface area is 165 Å². The quantitative estimate of drug-likeness (QED) is 0.548. The Morgan fingerprint density at radius 3 is 1.39 bits per heavy atom. The highest BCUT2D eigenvalue weighted by Gasteiger charge is 2.23. The van der Waals surface area contributed by atoms with Crippen LogP contribution < -0.4 is 4.74 Å². The number of hydrogen-bond acceptors (Lipinski definition) is 4. The highest BCUT2D eigenvalue weighted by atomic mass is 16.5. The van der Waals surface area contributed by atoms with E-state index in [0.717, 1.165) is 44.5 Å². The molecule has 0 aliphatic rings. The van der Waals surface area contributed by atoms with Gasteiger partial charge in [-0.15, -0.1) is 0 Å². The second-order valence-electron chi connectivity index (χ2n) is 7.41. The minimum absolute atomic E-state index is 0.0619. The normalized spacial score (nSPS) is 10.9. The summed E-state index contributed by atoms with van der Waals surface area (Å²) in [6.07, 6.45) is 0. The first-order chi connectivity index (χ1) is 13.1. The molecule has 146 valence electrons. The molecule has 4 heteroatoms. The monoisotopic (exact) mass is 378 g/mol. The SMILES string of the molecule is COc1c(O)c(-c2c(C)cc(O)cc2C)cc(C)c1-c1c(C)cc(O)cc1C. The molecule has 0 bridgehead atoms. The van der Waals surface area contributed by atoms with E-state index in [1.165, 1.54) is 0 Å². The van der Waals surface area contributed by atoms with Crippen LogP contribution in [0.25, 0.3) is 22.3 Å². The molecule has 0 amide bonds. The van der Waals surface area contributed by atoms with Crippen molar-refractivity contribution in [1.29, 1.82) is 0 Å². The van der Waals surface area contributed by atoms with Crippen LogP contribution in [0.15, 0.2) is 30.3 Å². The van der Waals surface area contributed by atoms with Gasteiger partial charge in [0.25, 0.3) is 0 Å².